The fourth-order valence-electron chi connectivity index (χ4n) is 3.64. The number of nitrogens with one attached hydrogen (secondary N) is 1. The van der Waals surface area contributed by atoms with E-state index in [2.05, 4.69) is 32.2 Å². The van der Waals surface area contributed by atoms with Crippen LogP contribution in [0.25, 0.3) is 0 Å². The fourth-order valence-corrected chi connectivity index (χ4v) is 3.64. The van der Waals surface area contributed by atoms with Crippen molar-refractivity contribution in [3.8, 4) is 0 Å². The van der Waals surface area contributed by atoms with Gasteiger partial charge in [0.15, 0.2) is 0 Å². The molecule has 0 radical (unpaired) electrons. The van der Waals surface area contributed by atoms with Crippen LogP contribution < -0.4 is 5.32 Å². The van der Waals surface area contributed by atoms with Crippen LogP contribution >= 0.6 is 0 Å². The fraction of sp³-hybridized carbons (Fsp3) is 0.765. The first kappa shape index (κ1) is 14.2. The van der Waals surface area contributed by atoms with Crippen molar-refractivity contribution in [2.45, 2.75) is 52.5 Å². The molecule has 112 valence electrons. The quantitative estimate of drug-likeness (QED) is 0.916. The summed E-state index contributed by atoms with van der Waals surface area (Å²) in [6, 6.07) is 2.66. The second-order valence-electron chi connectivity index (χ2n) is 7.32. The van der Waals surface area contributed by atoms with Gasteiger partial charge in [0.2, 0.25) is 0 Å². The summed E-state index contributed by atoms with van der Waals surface area (Å²) >= 11 is 0. The average molecular weight is 277 g/mol. The molecule has 3 heteroatoms. The van der Waals surface area contributed by atoms with Crippen LogP contribution in [0.5, 0.6) is 0 Å². The topological polar surface area (TPSA) is 34.4 Å². The monoisotopic (exact) mass is 277 g/mol. The van der Waals surface area contributed by atoms with E-state index in [-0.39, 0.29) is 0 Å². The van der Waals surface area contributed by atoms with Crippen molar-refractivity contribution in [1.82, 2.24) is 5.32 Å². The molecule has 0 spiro atoms. The second kappa shape index (κ2) is 5.53. The van der Waals surface area contributed by atoms with Gasteiger partial charge in [0.25, 0.3) is 0 Å². The molecular weight excluding hydrogens is 250 g/mol. The van der Waals surface area contributed by atoms with E-state index in [0.717, 1.165) is 31.9 Å². The molecule has 0 amide bonds. The van der Waals surface area contributed by atoms with Crippen molar-refractivity contribution in [3.05, 3.63) is 23.2 Å². The lowest BCUT2D eigenvalue weighted by Crippen LogP contribution is -2.36. The molecule has 1 saturated heterocycles. The van der Waals surface area contributed by atoms with Crippen molar-refractivity contribution < 1.29 is 9.15 Å². The van der Waals surface area contributed by atoms with Gasteiger partial charge in [-0.15, -0.1) is 0 Å². The van der Waals surface area contributed by atoms with Crippen molar-refractivity contribution in [2.24, 2.45) is 11.3 Å². The zero-order chi connectivity index (χ0) is 14.2. The molecule has 0 saturated carbocycles. The van der Waals surface area contributed by atoms with Crippen molar-refractivity contribution in [2.75, 3.05) is 19.8 Å². The second-order valence-corrected chi connectivity index (χ2v) is 7.32. The largest absolute Gasteiger partial charge is 0.466 e. The Morgan fingerprint density at radius 2 is 2.25 bits per heavy atom. The molecule has 1 aromatic heterocycles. The smallest absolute Gasteiger partial charge is 0.109 e. The van der Waals surface area contributed by atoms with Gasteiger partial charge in [-0.2, -0.15) is 0 Å². The summed E-state index contributed by atoms with van der Waals surface area (Å²) < 4.78 is 11.5. The Balaban J connectivity index is 1.68. The maximum atomic E-state index is 5.90. The van der Waals surface area contributed by atoms with Gasteiger partial charge < -0.3 is 14.5 Å². The van der Waals surface area contributed by atoms with E-state index in [0.29, 0.717) is 17.4 Å². The maximum Gasteiger partial charge on any atom is 0.109 e. The van der Waals surface area contributed by atoms with Crippen molar-refractivity contribution >= 4 is 0 Å². The minimum atomic E-state index is 0.317. The highest BCUT2D eigenvalue weighted by Crippen LogP contribution is 2.42. The van der Waals surface area contributed by atoms with E-state index in [1.165, 1.54) is 30.6 Å². The third-order valence-electron chi connectivity index (χ3n) is 4.64. The molecule has 1 fully saturated rings. The molecule has 3 nitrogen and oxygen atoms in total. The Labute approximate surface area is 122 Å². The lowest BCUT2D eigenvalue weighted by molar-refractivity contribution is 0.0527. The molecule has 1 N–H and O–H groups in total. The van der Waals surface area contributed by atoms with Crippen molar-refractivity contribution in [1.29, 1.82) is 0 Å². The molecule has 2 atom stereocenters. The lowest BCUT2D eigenvalue weighted by atomic mass is 9.74. The predicted octanol–water partition coefficient (Wildman–Crippen LogP) is 3.62. The Hall–Kier alpha value is -0.800. The Morgan fingerprint density at radius 1 is 1.40 bits per heavy atom. The molecule has 20 heavy (non-hydrogen) atoms. The van der Waals surface area contributed by atoms with Crippen LogP contribution in [0.1, 0.15) is 56.2 Å². The molecule has 1 aliphatic carbocycles. The molecule has 2 heterocycles. The van der Waals surface area contributed by atoms with E-state index in [1.54, 1.807) is 0 Å². The summed E-state index contributed by atoms with van der Waals surface area (Å²) in [5, 5.41) is 3.78. The molecule has 1 aromatic rings. The van der Waals surface area contributed by atoms with Gasteiger partial charge in [-0.1, -0.05) is 13.8 Å². The third-order valence-corrected chi connectivity index (χ3v) is 4.64. The highest BCUT2D eigenvalue weighted by atomic mass is 16.5. The first-order valence-electron chi connectivity index (χ1n) is 7.94. The van der Waals surface area contributed by atoms with E-state index < -0.39 is 0 Å². The minimum Gasteiger partial charge on any atom is -0.466 e. The zero-order valence-corrected chi connectivity index (χ0v) is 13.0. The van der Waals surface area contributed by atoms with E-state index >= 15 is 0 Å². The molecule has 1 aliphatic heterocycles. The molecule has 3 rings (SSSR count). The number of aryl methyl sites for hydroxylation is 1. The van der Waals surface area contributed by atoms with Crippen LogP contribution in [-0.2, 0) is 11.2 Å². The molecular formula is C17H27NO2. The standard InChI is InChI=1S/C17H27NO2/c1-12-7-14-15(8-17(2,3)9-16(14)20-12)18-10-13-5-4-6-19-11-13/h7,13,15,18H,4-6,8-11H2,1-3H3. The van der Waals surface area contributed by atoms with Gasteiger partial charge in [-0.05, 0) is 43.6 Å². The number of hydrogen-bond acceptors (Lipinski definition) is 3. The van der Waals surface area contributed by atoms with Crippen LogP contribution in [0.2, 0.25) is 0 Å². The minimum absolute atomic E-state index is 0.317. The highest BCUT2D eigenvalue weighted by molar-refractivity contribution is 5.29. The number of furan rings is 1. The first-order valence-corrected chi connectivity index (χ1v) is 7.94. The van der Waals surface area contributed by atoms with Crippen molar-refractivity contribution in [3.63, 3.8) is 0 Å². The summed E-state index contributed by atoms with van der Waals surface area (Å²) in [7, 11) is 0. The summed E-state index contributed by atoms with van der Waals surface area (Å²) in [5.41, 5.74) is 1.71. The molecule has 2 unspecified atom stereocenters. The predicted molar refractivity (Wildman–Crippen MR) is 79.8 cm³/mol. The van der Waals surface area contributed by atoms with Gasteiger partial charge >= 0.3 is 0 Å². The van der Waals surface area contributed by atoms with Gasteiger partial charge in [-0.3, -0.25) is 0 Å². The molecule has 2 aliphatic rings. The third kappa shape index (κ3) is 3.09. The zero-order valence-electron chi connectivity index (χ0n) is 13.0. The van der Waals surface area contributed by atoms with E-state index in [1.807, 2.05) is 0 Å². The summed E-state index contributed by atoms with van der Waals surface area (Å²) in [4.78, 5) is 0. The van der Waals surface area contributed by atoms with Crippen LogP contribution in [0, 0.1) is 18.3 Å². The van der Waals surface area contributed by atoms with Crippen LogP contribution in [0.3, 0.4) is 0 Å². The highest BCUT2D eigenvalue weighted by Gasteiger charge is 2.34. The molecule has 0 aromatic carbocycles. The number of hydrogen-bond donors (Lipinski definition) is 1. The summed E-state index contributed by atoms with van der Waals surface area (Å²) in [6.45, 7) is 9.65. The SMILES string of the molecule is Cc1cc2c(o1)CC(C)(C)CC2NCC1CCCOC1. The van der Waals surface area contributed by atoms with E-state index in [9.17, 15) is 0 Å². The molecule has 0 bridgehead atoms. The van der Waals surface area contributed by atoms with E-state index in [4.69, 9.17) is 9.15 Å². The summed E-state index contributed by atoms with van der Waals surface area (Å²) in [6.07, 6.45) is 4.74. The summed E-state index contributed by atoms with van der Waals surface area (Å²) in [5.74, 6) is 2.90. The van der Waals surface area contributed by atoms with Gasteiger partial charge in [0, 0.05) is 31.2 Å². The number of ether oxygens (including phenoxy) is 1. The van der Waals surface area contributed by atoms with Crippen LogP contribution in [-0.4, -0.2) is 19.8 Å². The normalized spacial score (nSPS) is 29.1. The average Bonchev–Trinajstić information content (AvgIpc) is 2.76. The lowest BCUT2D eigenvalue weighted by Gasteiger charge is -2.36. The Kier molecular flexibility index (Phi) is 3.91. The Morgan fingerprint density at radius 3 is 3.00 bits per heavy atom. The van der Waals surface area contributed by atoms with Crippen LogP contribution in [0.15, 0.2) is 10.5 Å². The Bertz CT molecular complexity index is 458. The van der Waals surface area contributed by atoms with Gasteiger partial charge in [0.05, 0.1) is 6.61 Å². The number of rotatable bonds is 3. The first-order chi connectivity index (χ1) is 9.53. The maximum absolute atomic E-state index is 5.90. The van der Waals surface area contributed by atoms with Gasteiger partial charge in [-0.25, -0.2) is 0 Å². The van der Waals surface area contributed by atoms with Gasteiger partial charge in [0.1, 0.15) is 11.5 Å². The van der Waals surface area contributed by atoms with Crippen LogP contribution in [0.4, 0.5) is 0 Å². The number of fused-ring (bicyclic) bond motifs is 1.